The maximum Gasteiger partial charge on any atom is 0.216 e. The number of fused-ring (bicyclic) bond motifs is 3. The molecule has 2 aromatic heterocycles. The molecule has 25 heavy (non-hydrogen) atoms. The van der Waals surface area contributed by atoms with Crippen molar-refractivity contribution in [3.8, 4) is 11.3 Å². The SMILES string of the molecule is Cc1ccc2c(oc3c(CC(C)C)cccc32)c1-c1cccc[n+]1C. The zero-order chi connectivity index (χ0) is 17.6. The van der Waals surface area contributed by atoms with Crippen molar-refractivity contribution < 1.29 is 8.98 Å². The summed E-state index contributed by atoms with van der Waals surface area (Å²) in [6.07, 6.45) is 3.12. The molecule has 126 valence electrons. The maximum atomic E-state index is 6.49. The van der Waals surface area contributed by atoms with E-state index in [-0.39, 0.29) is 0 Å². The molecule has 0 fully saturated rings. The average Bonchev–Trinajstić information content (AvgIpc) is 2.95. The number of pyridine rings is 1. The van der Waals surface area contributed by atoms with Gasteiger partial charge in [-0.05, 0) is 36.5 Å². The van der Waals surface area contributed by atoms with Crippen LogP contribution in [0.2, 0.25) is 0 Å². The van der Waals surface area contributed by atoms with E-state index in [1.54, 1.807) is 0 Å². The van der Waals surface area contributed by atoms with Gasteiger partial charge in [-0.3, -0.25) is 0 Å². The lowest BCUT2D eigenvalue weighted by atomic mass is 9.98. The Balaban J connectivity index is 2.08. The molecule has 0 aliphatic carbocycles. The van der Waals surface area contributed by atoms with Crippen molar-refractivity contribution in [2.45, 2.75) is 27.2 Å². The molecule has 0 saturated carbocycles. The highest BCUT2D eigenvalue weighted by Crippen LogP contribution is 2.38. The first kappa shape index (κ1) is 15.9. The Labute approximate surface area is 148 Å². The van der Waals surface area contributed by atoms with Gasteiger partial charge in [0.25, 0.3) is 0 Å². The normalized spacial score (nSPS) is 11.7. The number of hydrogen-bond acceptors (Lipinski definition) is 1. The second-order valence-corrected chi connectivity index (χ2v) is 7.32. The van der Waals surface area contributed by atoms with E-state index in [4.69, 9.17) is 4.42 Å². The van der Waals surface area contributed by atoms with Gasteiger partial charge in [-0.2, -0.15) is 0 Å². The van der Waals surface area contributed by atoms with Crippen LogP contribution < -0.4 is 4.57 Å². The lowest BCUT2D eigenvalue weighted by Gasteiger charge is -2.05. The summed E-state index contributed by atoms with van der Waals surface area (Å²) >= 11 is 0. The van der Waals surface area contributed by atoms with E-state index in [0.29, 0.717) is 5.92 Å². The number of hydrogen-bond donors (Lipinski definition) is 0. The van der Waals surface area contributed by atoms with Gasteiger partial charge in [-0.1, -0.05) is 44.2 Å². The molecule has 0 N–H and O–H groups in total. The van der Waals surface area contributed by atoms with Gasteiger partial charge in [0, 0.05) is 22.9 Å². The second-order valence-electron chi connectivity index (χ2n) is 7.32. The minimum Gasteiger partial charge on any atom is -0.455 e. The van der Waals surface area contributed by atoms with Gasteiger partial charge >= 0.3 is 0 Å². The highest BCUT2D eigenvalue weighted by Gasteiger charge is 2.20. The fraction of sp³-hybridized carbons (Fsp3) is 0.261. The third-order valence-electron chi connectivity index (χ3n) is 4.90. The van der Waals surface area contributed by atoms with Gasteiger partial charge < -0.3 is 4.42 Å². The van der Waals surface area contributed by atoms with E-state index in [1.807, 2.05) is 0 Å². The van der Waals surface area contributed by atoms with Crippen LogP contribution in [0.15, 0.2) is 59.1 Å². The predicted octanol–water partition coefficient (Wildman–Crippen LogP) is 5.58. The number of aryl methyl sites for hydroxylation is 2. The Morgan fingerprint density at radius 2 is 1.72 bits per heavy atom. The van der Waals surface area contributed by atoms with Crippen LogP contribution in [0.3, 0.4) is 0 Å². The number of nitrogens with zero attached hydrogens (tertiary/aromatic N) is 1. The predicted molar refractivity (Wildman–Crippen MR) is 104 cm³/mol. The molecular formula is C23H24NO+. The molecular weight excluding hydrogens is 306 g/mol. The number of para-hydroxylation sites is 1. The zero-order valence-electron chi connectivity index (χ0n) is 15.3. The van der Waals surface area contributed by atoms with Crippen LogP contribution in [0.4, 0.5) is 0 Å². The molecule has 4 aromatic rings. The number of rotatable bonds is 3. The molecule has 2 heteroatoms. The number of furan rings is 1. The Morgan fingerprint density at radius 1 is 0.920 bits per heavy atom. The minimum atomic E-state index is 0.604. The van der Waals surface area contributed by atoms with Crippen LogP contribution in [0.1, 0.15) is 25.0 Å². The van der Waals surface area contributed by atoms with Crippen LogP contribution >= 0.6 is 0 Å². The lowest BCUT2D eigenvalue weighted by Crippen LogP contribution is -2.30. The third kappa shape index (κ3) is 2.62. The van der Waals surface area contributed by atoms with E-state index in [2.05, 4.69) is 87.1 Å². The minimum absolute atomic E-state index is 0.604. The van der Waals surface area contributed by atoms with Crippen molar-refractivity contribution in [2.24, 2.45) is 13.0 Å². The number of benzene rings is 2. The summed E-state index contributed by atoms with van der Waals surface area (Å²) in [6.45, 7) is 6.66. The first-order chi connectivity index (χ1) is 12.1. The van der Waals surface area contributed by atoms with E-state index in [9.17, 15) is 0 Å². The lowest BCUT2D eigenvalue weighted by molar-refractivity contribution is -0.660. The van der Waals surface area contributed by atoms with Crippen molar-refractivity contribution in [1.82, 2.24) is 0 Å². The van der Waals surface area contributed by atoms with Crippen molar-refractivity contribution in [3.05, 3.63) is 65.9 Å². The highest BCUT2D eigenvalue weighted by molar-refractivity contribution is 6.10. The fourth-order valence-corrected chi connectivity index (χ4v) is 3.72. The van der Waals surface area contributed by atoms with Gasteiger partial charge in [-0.15, -0.1) is 0 Å². The van der Waals surface area contributed by atoms with Crippen molar-refractivity contribution in [1.29, 1.82) is 0 Å². The summed E-state index contributed by atoms with van der Waals surface area (Å²) in [5.74, 6) is 0.604. The molecule has 2 heterocycles. The van der Waals surface area contributed by atoms with Gasteiger partial charge in [0.05, 0.1) is 5.56 Å². The smallest absolute Gasteiger partial charge is 0.216 e. The quantitative estimate of drug-likeness (QED) is 0.448. The summed E-state index contributed by atoms with van der Waals surface area (Å²) in [4.78, 5) is 0. The molecule has 2 nitrogen and oxygen atoms in total. The molecule has 0 spiro atoms. The molecule has 4 rings (SSSR count). The molecule has 0 unspecified atom stereocenters. The van der Waals surface area contributed by atoms with E-state index in [0.717, 1.165) is 17.6 Å². The second kappa shape index (κ2) is 6.03. The van der Waals surface area contributed by atoms with Crippen LogP contribution in [0.25, 0.3) is 33.2 Å². The van der Waals surface area contributed by atoms with Crippen molar-refractivity contribution in [3.63, 3.8) is 0 Å². The summed E-state index contributed by atoms with van der Waals surface area (Å²) in [7, 11) is 2.08. The molecule has 0 aliphatic heterocycles. The van der Waals surface area contributed by atoms with Gasteiger partial charge in [0.1, 0.15) is 18.2 Å². The van der Waals surface area contributed by atoms with E-state index in [1.165, 1.54) is 33.2 Å². The highest BCUT2D eigenvalue weighted by atomic mass is 16.3. The van der Waals surface area contributed by atoms with Gasteiger partial charge in [0.15, 0.2) is 6.20 Å². The molecule has 2 aromatic carbocycles. The van der Waals surface area contributed by atoms with E-state index < -0.39 is 0 Å². The maximum absolute atomic E-state index is 6.49. The summed E-state index contributed by atoms with van der Waals surface area (Å²) in [5, 5.41) is 2.41. The van der Waals surface area contributed by atoms with E-state index >= 15 is 0 Å². The van der Waals surface area contributed by atoms with Gasteiger partial charge in [-0.25, -0.2) is 4.57 Å². The van der Waals surface area contributed by atoms with Crippen LogP contribution in [0.5, 0.6) is 0 Å². The molecule has 0 atom stereocenters. The van der Waals surface area contributed by atoms with Crippen molar-refractivity contribution >= 4 is 21.9 Å². The summed E-state index contributed by atoms with van der Waals surface area (Å²) < 4.78 is 8.65. The van der Waals surface area contributed by atoms with Crippen molar-refractivity contribution in [2.75, 3.05) is 0 Å². The third-order valence-corrected chi connectivity index (χ3v) is 4.90. The molecule has 0 saturated heterocycles. The Hall–Kier alpha value is -2.61. The average molecular weight is 330 g/mol. The zero-order valence-corrected chi connectivity index (χ0v) is 15.3. The standard InChI is InChI=1S/C23H24NO/c1-15(2)14-17-8-7-9-18-19-12-11-16(3)21(23(19)25-22(17)18)20-10-5-6-13-24(20)4/h5-13,15H,14H2,1-4H3/q+1. The Morgan fingerprint density at radius 3 is 2.48 bits per heavy atom. The van der Waals surface area contributed by atoms with Crippen LogP contribution in [-0.4, -0.2) is 0 Å². The first-order valence-electron chi connectivity index (χ1n) is 8.95. The first-order valence-corrected chi connectivity index (χ1v) is 8.95. The summed E-state index contributed by atoms with van der Waals surface area (Å²) in [6, 6.07) is 17.2. The van der Waals surface area contributed by atoms with Crippen LogP contribution in [-0.2, 0) is 13.5 Å². The largest absolute Gasteiger partial charge is 0.455 e. The topological polar surface area (TPSA) is 17.0 Å². The molecule has 0 radical (unpaired) electrons. The van der Waals surface area contributed by atoms with Gasteiger partial charge in [0.2, 0.25) is 5.69 Å². The summed E-state index contributed by atoms with van der Waals surface area (Å²) in [5.41, 5.74) is 6.93. The molecule has 0 amide bonds. The van der Waals surface area contributed by atoms with Crippen LogP contribution in [0, 0.1) is 12.8 Å². The molecule has 0 bridgehead atoms. The fourth-order valence-electron chi connectivity index (χ4n) is 3.72. The Bertz CT molecular complexity index is 1070. The molecule has 0 aliphatic rings. The number of aromatic nitrogens is 1. The Kier molecular flexibility index (Phi) is 3.84. The monoisotopic (exact) mass is 330 g/mol.